The van der Waals surface area contributed by atoms with Crippen LogP contribution in [0, 0.1) is 6.92 Å². The number of methoxy groups -OCH3 is 1. The van der Waals surface area contributed by atoms with Crippen molar-refractivity contribution in [1.82, 2.24) is 5.32 Å². The number of anilines is 1. The summed E-state index contributed by atoms with van der Waals surface area (Å²) in [5, 5.41) is 6.12. The van der Waals surface area contributed by atoms with Crippen molar-refractivity contribution in [3.05, 3.63) is 23.8 Å². The van der Waals surface area contributed by atoms with Gasteiger partial charge in [0.15, 0.2) is 6.61 Å². The Labute approximate surface area is 147 Å². The highest BCUT2D eigenvalue weighted by Gasteiger charge is 2.17. The SMILES string of the molecule is COC(=O)COc1ccc(NC(=O)CC2COCCN2)c(C)c1.Cl. The van der Waals surface area contributed by atoms with E-state index < -0.39 is 5.97 Å². The second-order valence-electron chi connectivity index (χ2n) is 5.32. The van der Waals surface area contributed by atoms with E-state index in [-0.39, 0.29) is 31.0 Å². The molecule has 0 saturated carbocycles. The maximum atomic E-state index is 12.1. The first-order valence-electron chi connectivity index (χ1n) is 7.49. The molecule has 0 bridgehead atoms. The van der Waals surface area contributed by atoms with E-state index in [1.165, 1.54) is 7.11 Å². The molecule has 134 valence electrons. The molecule has 1 fully saturated rings. The van der Waals surface area contributed by atoms with Crippen molar-refractivity contribution in [2.75, 3.05) is 38.8 Å². The van der Waals surface area contributed by atoms with Crippen LogP contribution in [-0.2, 0) is 19.1 Å². The largest absolute Gasteiger partial charge is 0.482 e. The minimum Gasteiger partial charge on any atom is -0.482 e. The van der Waals surface area contributed by atoms with Crippen LogP contribution in [0.3, 0.4) is 0 Å². The van der Waals surface area contributed by atoms with Crippen LogP contribution in [0.1, 0.15) is 12.0 Å². The molecular weight excluding hydrogens is 336 g/mol. The summed E-state index contributed by atoms with van der Waals surface area (Å²) in [6, 6.07) is 5.27. The van der Waals surface area contributed by atoms with E-state index in [0.717, 1.165) is 17.8 Å². The number of aryl methyl sites for hydroxylation is 1. The molecule has 1 unspecified atom stereocenters. The minimum absolute atomic E-state index is 0. The van der Waals surface area contributed by atoms with Crippen LogP contribution in [0.15, 0.2) is 18.2 Å². The quantitative estimate of drug-likeness (QED) is 0.745. The summed E-state index contributed by atoms with van der Waals surface area (Å²) in [6.07, 6.45) is 0.361. The van der Waals surface area contributed by atoms with E-state index >= 15 is 0 Å². The topological polar surface area (TPSA) is 85.9 Å². The van der Waals surface area contributed by atoms with Crippen molar-refractivity contribution in [3.8, 4) is 5.75 Å². The minimum atomic E-state index is -0.442. The first-order chi connectivity index (χ1) is 11.1. The second-order valence-corrected chi connectivity index (χ2v) is 5.32. The van der Waals surface area contributed by atoms with Gasteiger partial charge in [0.05, 0.1) is 20.3 Å². The van der Waals surface area contributed by atoms with E-state index in [2.05, 4.69) is 15.4 Å². The number of hydrogen-bond donors (Lipinski definition) is 2. The molecule has 1 aromatic rings. The maximum absolute atomic E-state index is 12.1. The molecule has 1 heterocycles. The van der Waals surface area contributed by atoms with Crippen molar-refractivity contribution in [1.29, 1.82) is 0 Å². The average molecular weight is 359 g/mol. The van der Waals surface area contributed by atoms with E-state index in [1.54, 1.807) is 18.2 Å². The number of carbonyl (C=O) groups excluding carboxylic acids is 2. The number of morpholine rings is 1. The molecule has 1 aromatic carbocycles. The first kappa shape index (κ1) is 20.2. The summed E-state index contributed by atoms with van der Waals surface area (Å²) in [6.45, 7) is 3.72. The molecule has 7 nitrogen and oxygen atoms in total. The molecule has 0 radical (unpaired) electrons. The molecular formula is C16H23ClN2O5. The molecule has 0 aliphatic carbocycles. The number of halogens is 1. The van der Waals surface area contributed by atoms with Crippen molar-refractivity contribution in [2.24, 2.45) is 0 Å². The monoisotopic (exact) mass is 358 g/mol. The highest BCUT2D eigenvalue weighted by molar-refractivity contribution is 5.92. The number of ether oxygens (including phenoxy) is 3. The molecule has 1 aliphatic rings. The van der Waals surface area contributed by atoms with Gasteiger partial charge < -0.3 is 24.8 Å². The number of rotatable bonds is 6. The Bertz CT molecular complexity index is 561. The molecule has 0 aromatic heterocycles. The van der Waals surface area contributed by atoms with Gasteiger partial charge in [0.1, 0.15) is 5.75 Å². The zero-order valence-electron chi connectivity index (χ0n) is 13.8. The smallest absolute Gasteiger partial charge is 0.343 e. The van der Waals surface area contributed by atoms with Gasteiger partial charge in [0.25, 0.3) is 0 Å². The van der Waals surface area contributed by atoms with Crippen molar-refractivity contribution in [3.63, 3.8) is 0 Å². The van der Waals surface area contributed by atoms with E-state index in [4.69, 9.17) is 9.47 Å². The number of esters is 1. The standard InChI is InChI=1S/C16H22N2O5.ClH/c1-11-7-13(23-10-16(20)21-2)3-4-14(11)18-15(19)8-12-9-22-6-5-17-12;/h3-4,7,12,17H,5-6,8-10H2,1-2H3,(H,18,19);1H. The van der Waals surface area contributed by atoms with Crippen LogP contribution in [0.2, 0.25) is 0 Å². The molecule has 1 saturated heterocycles. The first-order valence-corrected chi connectivity index (χ1v) is 7.49. The predicted molar refractivity (Wildman–Crippen MR) is 91.8 cm³/mol. The summed E-state index contributed by atoms with van der Waals surface area (Å²) in [5.41, 5.74) is 1.57. The molecule has 1 amide bonds. The normalized spacial score (nSPS) is 16.7. The molecule has 1 atom stereocenters. The number of amides is 1. The highest BCUT2D eigenvalue weighted by atomic mass is 35.5. The molecule has 8 heteroatoms. The third kappa shape index (κ3) is 6.35. The summed E-state index contributed by atoms with van der Waals surface area (Å²) >= 11 is 0. The summed E-state index contributed by atoms with van der Waals surface area (Å²) in [7, 11) is 1.31. The lowest BCUT2D eigenvalue weighted by Crippen LogP contribution is -2.43. The van der Waals surface area contributed by atoms with Crippen LogP contribution in [-0.4, -0.2) is 51.4 Å². The lowest BCUT2D eigenvalue weighted by molar-refractivity contribution is -0.142. The Kier molecular flexibility index (Phi) is 8.53. The van der Waals surface area contributed by atoms with E-state index in [1.807, 2.05) is 6.92 Å². The summed E-state index contributed by atoms with van der Waals surface area (Å²) in [5.74, 6) is 0.0369. The van der Waals surface area contributed by atoms with Crippen LogP contribution >= 0.6 is 12.4 Å². The van der Waals surface area contributed by atoms with Crippen LogP contribution in [0.5, 0.6) is 5.75 Å². The predicted octanol–water partition coefficient (Wildman–Crippen LogP) is 1.29. The van der Waals surface area contributed by atoms with Crippen LogP contribution < -0.4 is 15.4 Å². The Morgan fingerprint density at radius 2 is 2.21 bits per heavy atom. The van der Waals surface area contributed by atoms with Gasteiger partial charge in [0, 0.05) is 24.7 Å². The van der Waals surface area contributed by atoms with Crippen molar-refractivity contribution < 1.29 is 23.8 Å². The Balaban J connectivity index is 0.00000288. The van der Waals surface area contributed by atoms with Crippen LogP contribution in [0.4, 0.5) is 5.69 Å². The third-order valence-electron chi connectivity index (χ3n) is 3.49. The Morgan fingerprint density at radius 1 is 1.42 bits per heavy atom. The fourth-order valence-electron chi connectivity index (χ4n) is 2.24. The van der Waals surface area contributed by atoms with Gasteiger partial charge in [-0.1, -0.05) is 0 Å². The highest BCUT2D eigenvalue weighted by Crippen LogP contribution is 2.21. The lowest BCUT2D eigenvalue weighted by Gasteiger charge is -2.23. The molecule has 2 N–H and O–H groups in total. The van der Waals surface area contributed by atoms with Gasteiger partial charge in [-0.25, -0.2) is 4.79 Å². The summed E-state index contributed by atoms with van der Waals surface area (Å²) in [4.78, 5) is 23.1. The maximum Gasteiger partial charge on any atom is 0.343 e. The molecule has 24 heavy (non-hydrogen) atoms. The number of nitrogens with one attached hydrogen (secondary N) is 2. The molecule has 1 aliphatic heterocycles. The fraction of sp³-hybridized carbons (Fsp3) is 0.500. The fourth-order valence-corrected chi connectivity index (χ4v) is 2.24. The van der Waals surface area contributed by atoms with Crippen LogP contribution in [0.25, 0.3) is 0 Å². The number of hydrogen-bond acceptors (Lipinski definition) is 6. The zero-order chi connectivity index (χ0) is 16.7. The van der Waals surface area contributed by atoms with Gasteiger partial charge in [-0.2, -0.15) is 0 Å². The molecule has 0 spiro atoms. The van der Waals surface area contributed by atoms with Crippen molar-refractivity contribution >= 4 is 30.0 Å². The third-order valence-corrected chi connectivity index (χ3v) is 3.49. The second kappa shape index (κ2) is 10.1. The number of carbonyl (C=O) groups is 2. The Morgan fingerprint density at radius 3 is 2.83 bits per heavy atom. The lowest BCUT2D eigenvalue weighted by atomic mass is 10.1. The van der Waals surface area contributed by atoms with E-state index in [9.17, 15) is 9.59 Å². The zero-order valence-corrected chi connectivity index (χ0v) is 14.6. The Hall–Kier alpha value is -1.83. The molecule has 2 rings (SSSR count). The summed E-state index contributed by atoms with van der Waals surface area (Å²) < 4.78 is 15.2. The van der Waals surface area contributed by atoms with E-state index in [0.29, 0.717) is 25.4 Å². The van der Waals surface area contributed by atoms with Gasteiger partial charge in [-0.05, 0) is 30.7 Å². The van der Waals surface area contributed by atoms with Crippen molar-refractivity contribution in [2.45, 2.75) is 19.4 Å². The average Bonchev–Trinajstić information content (AvgIpc) is 2.55. The van der Waals surface area contributed by atoms with Gasteiger partial charge in [0.2, 0.25) is 5.91 Å². The van der Waals surface area contributed by atoms with Gasteiger partial charge in [-0.3, -0.25) is 4.79 Å². The van der Waals surface area contributed by atoms with Gasteiger partial charge in [-0.15, -0.1) is 12.4 Å². The van der Waals surface area contributed by atoms with Gasteiger partial charge >= 0.3 is 5.97 Å². The number of benzene rings is 1.